The molecule has 0 radical (unpaired) electrons. The molecule has 2 unspecified atom stereocenters. The summed E-state index contributed by atoms with van der Waals surface area (Å²) in [6.07, 6.45) is 3.49. The van der Waals surface area contributed by atoms with Gasteiger partial charge in [-0.25, -0.2) is 4.98 Å². The van der Waals surface area contributed by atoms with Crippen molar-refractivity contribution in [1.29, 1.82) is 0 Å². The monoisotopic (exact) mass is 242 g/mol. The highest BCUT2D eigenvalue weighted by molar-refractivity contribution is 8.00. The highest BCUT2D eigenvalue weighted by atomic mass is 32.2. The fourth-order valence-electron chi connectivity index (χ4n) is 2.04. The minimum Gasteiger partial charge on any atom is -0.326 e. The molecule has 2 rings (SSSR count). The SMILES string of the molecule is Cc1nc(CC(N)C2(C)CCCS2)cs1. The van der Waals surface area contributed by atoms with Crippen molar-refractivity contribution in [3.05, 3.63) is 16.1 Å². The number of hydrogen-bond acceptors (Lipinski definition) is 4. The summed E-state index contributed by atoms with van der Waals surface area (Å²) in [6, 6.07) is 0.242. The molecular weight excluding hydrogens is 224 g/mol. The van der Waals surface area contributed by atoms with E-state index in [4.69, 9.17) is 5.73 Å². The Morgan fingerprint density at radius 1 is 1.67 bits per heavy atom. The molecule has 0 saturated carbocycles. The van der Waals surface area contributed by atoms with Gasteiger partial charge in [-0.3, -0.25) is 0 Å². The van der Waals surface area contributed by atoms with E-state index in [-0.39, 0.29) is 10.8 Å². The molecule has 1 aromatic rings. The van der Waals surface area contributed by atoms with Crippen molar-refractivity contribution < 1.29 is 0 Å². The summed E-state index contributed by atoms with van der Waals surface area (Å²) in [6.45, 7) is 4.35. The lowest BCUT2D eigenvalue weighted by Crippen LogP contribution is -2.42. The third-order valence-electron chi connectivity index (χ3n) is 3.13. The maximum absolute atomic E-state index is 6.30. The van der Waals surface area contributed by atoms with Gasteiger partial charge in [0.25, 0.3) is 0 Å². The van der Waals surface area contributed by atoms with Gasteiger partial charge in [-0.2, -0.15) is 11.8 Å². The Kier molecular flexibility index (Phi) is 3.38. The van der Waals surface area contributed by atoms with Crippen LogP contribution in [0.15, 0.2) is 5.38 Å². The Hall–Kier alpha value is -0.0600. The summed E-state index contributed by atoms with van der Waals surface area (Å²) in [5.41, 5.74) is 7.46. The van der Waals surface area contributed by atoms with Gasteiger partial charge in [0.15, 0.2) is 0 Å². The topological polar surface area (TPSA) is 38.9 Å². The third-order valence-corrected chi connectivity index (χ3v) is 5.61. The molecule has 2 atom stereocenters. The van der Waals surface area contributed by atoms with Gasteiger partial charge >= 0.3 is 0 Å². The van der Waals surface area contributed by atoms with Gasteiger partial charge in [-0.15, -0.1) is 11.3 Å². The normalized spacial score (nSPS) is 28.2. The number of rotatable bonds is 3. The van der Waals surface area contributed by atoms with Gasteiger partial charge in [0.1, 0.15) is 0 Å². The minimum absolute atomic E-state index is 0.242. The van der Waals surface area contributed by atoms with E-state index >= 15 is 0 Å². The highest BCUT2D eigenvalue weighted by Crippen LogP contribution is 2.40. The lowest BCUT2D eigenvalue weighted by Gasteiger charge is -2.29. The first-order valence-electron chi connectivity index (χ1n) is 5.41. The molecule has 1 aliphatic heterocycles. The fourth-order valence-corrected chi connectivity index (χ4v) is 4.00. The van der Waals surface area contributed by atoms with E-state index in [1.54, 1.807) is 11.3 Å². The Labute approximate surface area is 99.7 Å². The van der Waals surface area contributed by atoms with Crippen LogP contribution >= 0.6 is 23.1 Å². The molecule has 2 heterocycles. The van der Waals surface area contributed by atoms with E-state index in [2.05, 4.69) is 17.3 Å². The van der Waals surface area contributed by atoms with E-state index < -0.39 is 0 Å². The van der Waals surface area contributed by atoms with Gasteiger partial charge in [-0.05, 0) is 32.4 Å². The molecule has 2 nitrogen and oxygen atoms in total. The zero-order valence-electron chi connectivity index (χ0n) is 9.32. The van der Waals surface area contributed by atoms with E-state index in [1.165, 1.54) is 24.3 Å². The Morgan fingerprint density at radius 2 is 2.47 bits per heavy atom. The quantitative estimate of drug-likeness (QED) is 0.885. The number of hydrogen-bond donors (Lipinski definition) is 1. The van der Waals surface area contributed by atoms with Crippen LogP contribution < -0.4 is 5.73 Å². The number of aryl methyl sites for hydroxylation is 1. The first-order valence-corrected chi connectivity index (χ1v) is 7.27. The Morgan fingerprint density at radius 3 is 3.00 bits per heavy atom. The van der Waals surface area contributed by atoms with Crippen LogP contribution in [0.4, 0.5) is 0 Å². The zero-order chi connectivity index (χ0) is 10.9. The zero-order valence-corrected chi connectivity index (χ0v) is 11.0. The van der Waals surface area contributed by atoms with Gasteiger partial charge in [0.05, 0.1) is 10.7 Å². The van der Waals surface area contributed by atoms with E-state index in [9.17, 15) is 0 Å². The van der Waals surface area contributed by atoms with Crippen molar-refractivity contribution in [1.82, 2.24) is 4.98 Å². The van der Waals surface area contributed by atoms with Crippen LogP contribution in [0, 0.1) is 6.92 Å². The van der Waals surface area contributed by atoms with Crippen LogP contribution in [0.5, 0.6) is 0 Å². The van der Waals surface area contributed by atoms with Gasteiger partial charge in [-0.1, -0.05) is 0 Å². The fraction of sp³-hybridized carbons (Fsp3) is 0.727. The lowest BCUT2D eigenvalue weighted by atomic mass is 9.93. The van der Waals surface area contributed by atoms with Crippen molar-refractivity contribution >= 4 is 23.1 Å². The molecular formula is C11H18N2S2. The van der Waals surface area contributed by atoms with Crippen LogP contribution in [-0.2, 0) is 6.42 Å². The van der Waals surface area contributed by atoms with Crippen LogP contribution in [0.1, 0.15) is 30.5 Å². The average molecular weight is 242 g/mol. The molecule has 1 fully saturated rings. The minimum atomic E-state index is 0.242. The first-order chi connectivity index (χ1) is 7.10. The summed E-state index contributed by atoms with van der Waals surface area (Å²) in [5.74, 6) is 1.26. The van der Waals surface area contributed by atoms with Crippen molar-refractivity contribution in [2.24, 2.45) is 5.73 Å². The van der Waals surface area contributed by atoms with Crippen molar-refractivity contribution in [3.8, 4) is 0 Å². The molecule has 1 aromatic heterocycles. The summed E-state index contributed by atoms with van der Waals surface area (Å²) >= 11 is 3.74. The van der Waals surface area contributed by atoms with Gasteiger partial charge < -0.3 is 5.73 Å². The van der Waals surface area contributed by atoms with E-state index in [0.29, 0.717) is 0 Å². The number of aromatic nitrogens is 1. The van der Waals surface area contributed by atoms with Gasteiger partial charge in [0.2, 0.25) is 0 Å². The molecule has 1 aliphatic rings. The van der Waals surface area contributed by atoms with Crippen molar-refractivity contribution in [2.45, 2.75) is 43.9 Å². The molecule has 15 heavy (non-hydrogen) atoms. The second-order valence-corrected chi connectivity index (χ2v) is 7.12. The third kappa shape index (κ3) is 2.55. The number of nitrogens with two attached hydrogens (primary N) is 1. The second kappa shape index (κ2) is 4.44. The summed E-state index contributed by atoms with van der Waals surface area (Å²) in [5, 5.41) is 3.28. The van der Waals surface area contributed by atoms with E-state index in [0.717, 1.165) is 11.4 Å². The number of thioether (sulfide) groups is 1. The summed E-state index contributed by atoms with van der Waals surface area (Å²) in [4.78, 5) is 4.48. The van der Waals surface area contributed by atoms with Crippen LogP contribution in [0.25, 0.3) is 0 Å². The van der Waals surface area contributed by atoms with Crippen molar-refractivity contribution in [2.75, 3.05) is 5.75 Å². The first kappa shape index (κ1) is 11.4. The smallest absolute Gasteiger partial charge is 0.0897 e. The molecule has 2 N–H and O–H groups in total. The lowest BCUT2D eigenvalue weighted by molar-refractivity contribution is 0.479. The molecule has 0 bridgehead atoms. The maximum atomic E-state index is 6.30. The largest absolute Gasteiger partial charge is 0.326 e. The van der Waals surface area contributed by atoms with Crippen LogP contribution in [0.3, 0.4) is 0 Å². The summed E-state index contributed by atoms with van der Waals surface area (Å²) < 4.78 is 0.275. The summed E-state index contributed by atoms with van der Waals surface area (Å²) in [7, 11) is 0. The van der Waals surface area contributed by atoms with Crippen molar-refractivity contribution in [3.63, 3.8) is 0 Å². The number of thiazole rings is 1. The average Bonchev–Trinajstić information content (AvgIpc) is 2.76. The maximum Gasteiger partial charge on any atom is 0.0897 e. The van der Waals surface area contributed by atoms with Crippen LogP contribution in [-0.4, -0.2) is 21.5 Å². The molecule has 0 amide bonds. The Bertz CT molecular complexity index is 329. The molecule has 0 aliphatic carbocycles. The molecule has 1 saturated heterocycles. The highest BCUT2D eigenvalue weighted by Gasteiger charge is 2.35. The molecule has 0 aromatic carbocycles. The predicted octanol–water partition coefficient (Wildman–Crippen LogP) is 2.61. The number of nitrogens with zero attached hydrogens (tertiary/aromatic N) is 1. The van der Waals surface area contributed by atoms with Crippen LogP contribution in [0.2, 0.25) is 0 Å². The molecule has 4 heteroatoms. The van der Waals surface area contributed by atoms with Gasteiger partial charge in [0, 0.05) is 22.6 Å². The standard InChI is InChI=1S/C11H18N2S2/c1-8-13-9(7-14-8)6-10(12)11(2)4-3-5-15-11/h7,10H,3-6,12H2,1-2H3. The van der Waals surface area contributed by atoms with E-state index in [1.807, 2.05) is 18.7 Å². The Balaban J connectivity index is 1.99. The predicted molar refractivity (Wildman–Crippen MR) is 68.6 cm³/mol. The molecule has 84 valence electrons. The molecule has 0 spiro atoms. The second-order valence-electron chi connectivity index (χ2n) is 4.43.